The molecule has 0 aliphatic rings. The minimum Gasteiger partial charge on any atom is -0.462 e. The summed E-state index contributed by atoms with van der Waals surface area (Å²) in [5, 5.41) is 0.344. The van der Waals surface area contributed by atoms with Gasteiger partial charge in [-0.05, 0) is 27.7 Å². The summed E-state index contributed by atoms with van der Waals surface area (Å²) < 4.78 is 10.3. The summed E-state index contributed by atoms with van der Waals surface area (Å²) in [4.78, 5) is 45.5. The number of H-pyrrole nitrogens is 1. The Morgan fingerprint density at radius 1 is 1.03 bits per heavy atom. The summed E-state index contributed by atoms with van der Waals surface area (Å²) in [5.74, 6) is -1.66. The van der Waals surface area contributed by atoms with Crippen LogP contribution in [0.1, 0.15) is 49.5 Å². The highest BCUT2D eigenvalue weighted by atomic mass is 32.1. The van der Waals surface area contributed by atoms with Gasteiger partial charge in [-0.3, -0.25) is 9.59 Å². The van der Waals surface area contributed by atoms with E-state index in [1.165, 1.54) is 11.3 Å². The van der Waals surface area contributed by atoms with Gasteiger partial charge < -0.3 is 20.2 Å². The average Bonchev–Trinajstić information content (AvgIpc) is 3.25. The molecule has 3 N–H and O–H groups in total. The second-order valence-corrected chi connectivity index (χ2v) is 8.41. The van der Waals surface area contributed by atoms with Crippen LogP contribution in [0.4, 0.5) is 5.13 Å². The zero-order valence-corrected chi connectivity index (χ0v) is 19.2. The number of esters is 2. The third kappa shape index (κ3) is 5.05. The first-order chi connectivity index (χ1) is 15.2. The van der Waals surface area contributed by atoms with Crippen molar-refractivity contribution in [2.45, 2.75) is 34.1 Å². The molecule has 0 saturated heterocycles. The minimum atomic E-state index is -0.591. The van der Waals surface area contributed by atoms with Gasteiger partial charge in [-0.1, -0.05) is 29.8 Å². The fourth-order valence-electron chi connectivity index (χ4n) is 3.42. The Labute approximate surface area is 189 Å². The molecule has 2 heterocycles. The lowest BCUT2D eigenvalue weighted by Gasteiger charge is -2.07. The highest BCUT2D eigenvalue weighted by Crippen LogP contribution is 2.30. The number of nitrogens with zero attached hydrogens (tertiary/aromatic N) is 1. The van der Waals surface area contributed by atoms with E-state index in [-0.39, 0.29) is 24.2 Å². The van der Waals surface area contributed by atoms with Crippen LogP contribution >= 0.6 is 11.3 Å². The molecule has 0 fully saturated rings. The smallest absolute Gasteiger partial charge is 0.340 e. The molecule has 0 spiro atoms. The molecule has 0 amide bonds. The number of hydrogen-bond donors (Lipinski definition) is 2. The van der Waals surface area contributed by atoms with Gasteiger partial charge in [0.15, 0.2) is 11.7 Å². The van der Waals surface area contributed by atoms with E-state index >= 15 is 0 Å². The number of rotatable bonds is 8. The van der Waals surface area contributed by atoms with E-state index in [4.69, 9.17) is 15.2 Å². The number of hydrogen-bond acceptors (Lipinski definition) is 8. The Morgan fingerprint density at radius 3 is 2.34 bits per heavy atom. The van der Waals surface area contributed by atoms with Crippen LogP contribution in [0.3, 0.4) is 0 Å². The number of nitrogens with one attached hydrogen (secondary N) is 1. The van der Waals surface area contributed by atoms with Crippen LogP contribution in [-0.2, 0) is 20.7 Å². The number of aromatic amines is 1. The third-order valence-corrected chi connectivity index (χ3v) is 5.73. The maximum Gasteiger partial charge on any atom is 0.340 e. The molecular formula is C23H25N3O5S. The molecule has 3 rings (SSSR count). The summed E-state index contributed by atoms with van der Waals surface area (Å²) in [6.45, 7) is 6.73. The van der Waals surface area contributed by atoms with E-state index in [0.717, 1.165) is 11.1 Å². The normalized spacial score (nSPS) is 10.8. The quantitative estimate of drug-likeness (QED) is 0.391. The Morgan fingerprint density at radius 2 is 1.69 bits per heavy atom. The SMILES string of the molecule is CCOC(=O)c1c(C)[nH]c(C)c1C(=O)COC(=O)Cc1sc(N)nc1-c1ccc(C)cc1. The fraction of sp³-hybridized carbons (Fsp3) is 0.304. The number of carbonyl (C=O) groups excluding carboxylic acids is 3. The van der Waals surface area contributed by atoms with Crippen LogP contribution in [-0.4, -0.2) is 40.9 Å². The van der Waals surface area contributed by atoms with E-state index in [1.807, 2.05) is 31.2 Å². The maximum atomic E-state index is 12.8. The van der Waals surface area contributed by atoms with Crippen molar-refractivity contribution < 1.29 is 23.9 Å². The first kappa shape index (κ1) is 23.2. The van der Waals surface area contributed by atoms with Gasteiger partial charge in [0.2, 0.25) is 5.78 Å². The van der Waals surface area contributed by atoms with Crippen molar-refractivity contribution in [2.75, 3.05) is 18.9 Å². The van der Waals surface area contributed by atoms with Crippen molar-refractivity contribution in [1.82, 2.24) is 9.97 Å². The molecular weight excluding hydrogens is 430 g/mol. The van der Waals surface area contributed by atoms with Crippen LogP contribution in [0, 0.1) is 20.8 Å². The number of anilines is 1. The Bertz CT molecular complexity index is 1160. The predicted octanol–water partition coefficient (Wildman–Crippen LogP) is 3.79. The van der Waals surface area contributed by atoms with Crippen LogP contribution in [0.15, 0.2) is 24.3 Å². The average molecular weight is 456 g/mol. The Balaban J connectivity index is 1.71. The first-order valence-electron chi connectivity index (χ1n) is 10.1. The standard InChI is InChI=1S/C23H25N3O5S/c1-5-30-22(29)20-14(4)25-13(3)19(20)16(27)11-31-18(28)10-17-21(26-23(24)32-17)15-8-6-12(2)7-9-15/h6-9,25H,5,10-11H2,1-4H3,(H2,24,26). The van der Waals surface area contributed by atoms with Crippen LogP contribution in [0.2, 0.25) is 0 Å². The lowest BCUT2D eigenvalue weighted by Crippen LogP contribution is -2.19. The van der Waals surface area contributed by atoms with E-state index in [9.17, 15) is 14.4 Å². The molecule has 0 aliphatic heterocycles. The summed E-state index contributed by atoms with van der Waals surface area (Å²) in [5.41, 5.74) is 9.83. The van der Waals surface area contributed by atoms with E-state index < -0.39 is 24.3 Å². The molecule has 0 bridgehead atoms. The molecule has 168 valence electrons. The zero-order chi connectivity index (χ0) is 23.4. The number of ketones is 1. The molecule has 0 aliphatic carbocycles. The van der Waals surface area contributed by atoms with Crippen LogP contribution in [0.25, 0.3) is 11.3 Å². The van der Waals surface area contributed by atoms with Gasteiger partial charge in [0.25, 0.3) is 0 Å². The van der Waals surface area contributed by atoms with Gasteiger partial charge in [0, 0.05) is 21.8 Å². The zero-order valence-electron chi connectivity index (χ0n) is 18.4. The lowest BCUT2D eigenvalue weighted by atomic mass is 10.1. The largest absolute Gasteiger partial charge is 0.462 e. The maximum absolute atomic E-state index is 12.8. The Hall–Kier alpha value is -3.46. The van der Waals surface area contributed by atoms with Gasteiger partial charge in [0.1, 0.15) is 0 Å². The van der Waals surface area contributed by atoms with Gasteiger partial charge in [-0.2, -0.15) is 0 Å². The highest BCUT2D eigenvalue weighted by Gasteiger charge is 2.26. The van der Waals surface area contributed by atoms with Gasteiger partial charge in [-0.25, -0.2) is 9.78 Å². The summed E-state index contributed by atoms with van der Waals surface area (Å²) in [7, 11) is 0. The third-order valence-electron chi connectivity index (χ3n) is 4.84. The van der Waals surface area contributed by atoms with Crippen molar-refractivity contribution in [2.24, 2.45) is 0 Å². The molecule has 0 unspecified atom stereocenters. The molecule has 2 aromatic heterocycles. The lowest BCUT2D eigenvalue weighted by molar-refractivity contribution is -0.141. The van der Waals surface area contributed by atoms with Gasteiger partial charge in [-0.15, -0.1) is 11.3 Å². The number of benzene rings is 1. The van der Waals surface area contributed by atoms with Crippen LogP contribution < -0.4 is 5.73 Å². The first-order valence-corrected chi connectivity index (χ1v) is 10.9. The van der Waals surface area contributed by atoms with Crippen molar-refractivity contribution in [3.8, 4) is 11.3 Å². The fourth-order valence-corrected chi connectivity index (χ4v) is 4.25. The number of aryl methyl sites for hydroxylation is 3. The molecule has 3 aromatic rings. The Kier molecular flexibility index (Phi) is 7.09. The number of ether oxygens (including phenoxy) is 2. The number of carbonyl (C=O) groups is 3. The number of aromatic nitrogens is 2. The molecule has 9 heteroatoms. The molecule has 0 atom stereocenters. The van der Waals surface area contributed by atoms with Gasteiger partial charge >= 0.3 is 11.9 Å². The van der Waals surface area contributed by atoms with Crippen molar-refractivity contribution in [3.63, 3.8) is 0 Å². The predicted molar refractivity (Wildman–Crippen MR) is 122 cm³/mol. The second-order valence-electron chi connectivity index (χ2n) is 7.30. The monoisotopic (exact) mass is 455 g/mol. The van der Waals surface area contributed by atoms with E-state index in [0.29, 0.717) is 27.1 Å². The second kappa shape index (κ2) is 9.78. The van der Waals surface area contributed by atoms with E-state index in [1.54, 1.807) is 20.8 Å². The molecule has 1 aromatic carbocycles. The van der Waals surface area contributed by atoms with E-state index in [2.05, 4.69) is 9.97 Å². The summed E-state index contributed by atoms with van der Waals surface area (Å²) in [6, 6.07) is 7.73. The molecule has 0 saturated carbocycles. The molecule has 8 nitrogen and oxygen atoms in total. The number of Topliss-reactive ketones (excluding diaryl/α,β-unsaturated/α-hetero) is 1. The summed E-state index contributed by atoms with van der Waals surface area (Å²) in [6.07, 6.45) is -0.0682. The minimum absolute atomic E-state index is 0.0682. The van der Waals surface area contributed by atoms with Crippen LogP contribution in [0.5, 0.6) is 0 Å². The summed E-state index contributed by atoms with van der Waals surface area (Å²) >= 11 is 1.20. The van der Waals surface area contributed by atoms with Crippen molar-refractivity contribution >= 4 is 34.2 Å². The molecule has 0 radical (unpaired) electrons. The number of nitrogens with two attached hydrogens (primary N) is 1. The van der Waals surface area contributed by atoms with Crippen molar-refractivity contribution in [3.05, 3.63) is 57.2 Å². The topological polar surface area (TPSA) is 124 Å². The number of thiazole rings is 1. The van der Waals surface area contributed by atoms with Gasteiger partial charge in [0.05, 0.1) is 29.8 Å². The number of nitrogen functional groups attached to an aromatic ring is 1. The highest BCUT2D eigenvalue weighted by molar-refractivity contribution is 7.15. The van der Waals surface area contributed by atoms with Crippen molar-refractivity contribution in [1.29, 1.82) is 0 Å². The molecule has 32 heavy (non-hydrogen) atoms.